The third-order valence-electron chi connectivity index (χ3n) is 15.8. The number of carbonyl (C=O) groups excluding carboxylic acids is 4. The monoisotopic (exact) mass is 1230 g/mol. The van der Waals surface area contributed by atoms with Crippen molar-refractivity contribution in [2.24, 2.45) is 23.5 Å². The van der Waals surface area contributed by atoms with Gasteiger partial charge < -0.3 is 86.4 Å². The van der Waals surface area contributed by atoms with Gasteiger partial charge in [-0.15, -0.1) is 0 Å². The molecule has 3 aliphatic heterocycles. The number of carbonyl (C=O) groups is 4. The molecule has 3 aliphatic rings. The minimum absolute atomic E-state index is 0.105. The minimum Gasteiger partial charge on any atom is -0.461 e. The average molecular weight is 1230 g/mol. The summed E-state index contributed by atoms with van der Waals surface area (Å²) in [5.74, 6) is -6.57. The van der Waals surface area contributed by atoms with Gasteiger partial charge in [-0.25, -0.2) is 0 Å². The van der Waals surface area contributed by atoms with Gasteiger partial charge in [0.25, 0.3) is 0 Å². The number of fused-ring (bicyclic) bond motifs is 2. The zero-order valence-corrected chi connectivity index (χ0v) is 50.8. The van der Waals surface area contributed by atoms with Crippen LogP contribution in [0.4, 0.5) is 5.69 Å². The van der Waals surface area contributed by atoms with Gasteiger partial charge in [0.1, 0.15) is 18.0 Å². The molecule has 88 heavy (non-hydrogen) atoms. The number of allylic oxidation sites excluding steroid dienone is 12. The van der Waals surface area contributed by atoms with E-state index in [-0.39, 0.29) is 56.3 Å². The largest absolute Gasteiger partial charge is 0.461 e. The number of rotatable bonds is 14. The van der Waals surface area contributed by atoms with E-state index in [0.717, 1.165) is 5.69 Å². The van der Waals surface area contributed by atoms with Crippen LogP contribution in [0.25, 0.3) is 0 Å². The van der Waals surface area contributed by atoms with Gasteiger partial charge in [-0.05, 0) is 81.3 Å². The predicted molar refractivity (Wildman–Crippen MR) is 328 cm³/mol. The summed E-state index contributed by atoms with van der Waals surface area (Å²) in [6.45, 7) is 5.39. The van der Waals surface area contributed by atoms with Gasteiger partial charge in [-0.1, -0.05) is 105 Å². The number of nitrogens with zero attached hydrogens (tertiary/aromatic N) is 1. The van der Waals surface area contributed by atoms with E-state index >= 15 is 0 Å². The smallest absolute Gasteiger partial charge is 0.308 e. The molecule has 2 saturated heterocycles. The topological polar surface area (TPSA) is 370 Å². The standard InChI is InChI=1S/C66H94N4O18/c1-41-19-15-13-11-9-7-5-6-8-10-12-14-16-21-54(86-65-62(82)60(67)61(81)43(3)85-65)38-57-59(64(83)70-30-28-46-20-17-18-29-69-46)56(79)40-66(84,88-57)39-53(77)35-51(75)33-49(73)31-48(72)32-50(74)34-52(76)37-58(80)87-63(41)42(2)22-27-47(71)36-55(78)44-23-25-45(68-4)26-24-44/h5-21,23-26,29,41-43,47-49,51-54,56-57,59-63,65,68,71-73,75-77,79,81-82,84H,22,27-28,30-40,67H2,1-4H3,(H,70,83). The second-order valence-electron chi connectivity index (χ2n) is 23.4. The van der Waals surface area contributed by atoms with Crippen LogP contribution in [0.15, 0.2) is 134 Å². The van der Waals surface area contributed by atoms with Crippen molar-refractivity contribution in [2.45, 2.75) is 202 Å². The van der Waals surface area contributed by atoms with Gasteiger partial charge in [0.2, 0.25) is 5.91 Å². The SMILES string of the molecule is CNc1ccc(C(=O)CC(O)CCC(C)C2OC(=O)CC(O)CC(=O)CC(O)CC(O)CC(O)CC(O)CC3(O)CC(O)C(C(=O)NCCc4ccccn4)C(CC(OC4OC(C)C(O)C(N)C4O)C=CC=CC=CC=CC=CC=CC=CC2C)O3)cc1. The van der Waals surface area contributed by atoms with E-state index in [4.69, 9.17) is 24.7 Å². The average Bonchev–Trinajstić information content (AvgIpc) is 0.946. The van der Waals surface area contributed by atoms with E-state index < -0.39 is 160 Å². The molecule has 2 fully saturated rings. The number of hydrogen-bond donors (Lipinski definition) is 13. The Labute approximate surface area is 515 Å². The first-order chi connectivity index (χ1) is 41.9. The predicted octanol–water partition coefficient (Wildman–Crippen LogP) is 3.42. The number of amides is 1. The molecular formula is C66H94N4O18. The lowest BCUT2D eigenvalue weighted by atomic mass is 9.82. The number of aliphatic hydroxyl groups excluding tert-OH is 9. The summed E-state index contributed by atoms with van der Waals surface area (Å²) >= 11 is 0. The number of ketones is 2. The summed E-state index contributed by atoms with van der Waals surface area (Å²) in [6.07, 6.45) is 4.97. The highest BCUT2D eigenvalue weighted by Crippen LogP contribution is 2.38. The molecular weight excluding hydrogens is 1140 g/mol. The lowest BCUT2D eigenvalue weighted by Crippen LogP contribution is -2.62. The Hall–Kier alpha value is -5.93. The van der Waals surface area contributed by atoms with Crippen LogP contribution in [-0.4, -0.2) is 191 Å². The molecule has 1 amide bonds. The quantitative estimate of drug-likeness (QED) is 0.0952. The number of Topliss-reactive ketones (excluding diaryl/α,β-unsaturated/α-hetero) is 2. The number of hydrogen-bond acceptors (Lipinski definition) is 21. The zero-order chi connectivity index (χ0) is 64.3. The molecule has 2 bridgehead atoms. The Balaban J connectivity index is 1.35. The summed E-state index contributed by atoms with van der Waals surface area (Å²) in [5.41, 5.74) is 8.16. The molecule has 22 nitrogen and oxygen atoms in total. The lowest BCUT2D eigenvalue weighted by Gasteiger charge is -2.46. The zero-order valence-electron chi connectivity index (χ0n) is 50.8. The van der Waals surface area contributed by atoms with Crippen LogP contribution < -0.4 is 16.4 Å². The highest BCUT2D eigenvalue weighted by Gasteiger charge is 2.51. The van der Waals surface area contributed by atoms with Crippen molar-refractivity contribution in [3.63, 3.8) is 0 Å². The normalized spacial score (nSPS) is 33.0. The summed E-state index contributed by atoms with van der Waals surface area (Å²) in [5, 5.41) is 117. The van der Waals surface area contributed by atoms with Crippen molar-refractivity contribution in [2.75, 3.05) is 18.9 Å². The van der Waals surface area contributed by atoms with Crippen molar-refractivity contribution >= 4 is 29.1 Å². The van der Waals surface area contributed by atoms with Crippen LogP contribution in [0, 0.1) is 17.8 Å². The number of benzene rings is 1. The molecule has 0 radical (unpaired) electrons. The highest BCUT2D eigenvalue weighted by molar-refractivity contribution is 5.96. The van der Waals surface area contributed by atoms with Crippen molar-refractivity contribution in [3.8, 4) is 0 Å². The van der Waals surface area contributed by atoms with Gasteiger partial charge in [0.05, 0.1) is 85.5 Å². The van der Waals surface area contributed by atoms with Crippen LogP contribution in [0.3, 0.4) is 0 Å². The van der Waals surface area contributed by atoms with E-state index in [9.17, 15) is 70.2 Å². The Morgan fingerprint density at radius 2 is 1.34 bits per heavy atom. The molecule has 1 aromatic carbocycles. The first-order valence-corrected chi connectivity index (χ1v) is 30.4. The number of ether oxygens (including phenoxy) is 4. The van der Waals surface area contributed by atoms with E-state index in [1.165, 1.54) is 0 Å². The van der Waals surface area contributed by atoms with Crippen LogP contribution in [0.5, 0.6) is 0 Å². The Morgan fingerprint density at radius 1 is 0.739 bits per heavy atom. The summed E-state index contributed by atoms with van der Waals surface area (Å²) in [7, 11) is 1.77. The fourth-order valence-corrected chi connectivity index (χ4v) is 11.1. The van der Waals surface area contributed by atoms with Gasteiger partial charge in [0, 0.05) is 87.6 Å². The molecule has 22 heteroatoms. The third kappa shape index (κ3) is 25.2. The number of nitrogens with one attached hydrogen (secondary N) is 2. The van der Waals surface area contributed by atoms with Crippen molar-refractivity contribution in [1.82, 2.24) is 10.3 Å². The molecule has 0 saturated carbocycles. The number of esters is 1. The maximum atomic E-state index is 14.0. The fraction of sp³-hybridized carbons (Fsp3) is 0.561. The summed E-state index contributed by atoms with van der Waals surface area (Å²) < 4.78 is 24.4. The van der Waals surface area contributed by atoms with Gasteiger partial charge in [-0.2, -0.15) is 0 Å². The van der Waals surface area contributed by atoms with Crippen molar-refractivity contribution in [1.29, 1.82) is 0 Å². The maximum Gasteiger partial charge on any atom is 0.308 e. The molecule has 1 aromatic heterocycles. The number of cyclic esters (lactones) is 1. The number of pyridine rings is 1. The van der Waals surface area contributed by atoms with Gasteiger partial charge in [0.15, 0.2) is 17.9 Å². The third-order valence-corrected chi connectivity index (χ3v) is 15.8. The lowest BCUT2D eigenvalue weighted by molar-refractivity contribution is -0.307. The molecule has 19 unspecified atom stereocenters. The second kappa shape index (κ2) is 37.3. The van der Waals surface area contributed by atoms with E-state index in [0.29, 0.717) is 24.1 Å². The first kappa shape index (κ1) is 72.8. The number of nitrogens with two attached hydrogens (primary N) is 1. The molecule has 4 heterocycles. The van der Waals surface area contributed by atoms with Crippen molar-refractivity contribution < 1.29 is 89.2 Å². The molecule has 2 aromatic rings. The Morgan fingerprint density at radius 3 is 1.97 bits per heavy atom. The Kier molecular flexibility index (Phi) is 30.8. The second-order valence-corrected chi connectivity index (χ2v) is 23.4. The Bertz CT molecular complexity index is 2670. The number of aromatic nitrogens is 1. The van der Waals surface area contributed by atoms with Crippen molar-refractivity contribution in [3.05, 3.63) is 145 Å². The number of anilines is 1. The van der Waals surface area contributed by atoms with Gasteiger partial charge >= 0.3 is 5.97 Å². The minimum atomic E-state index is -2.30. The highest BCUT2D eigenvalue weighted by atomic mass is 16.7. The molecule has 0 aliphatic carbocycles. The molecule has 0 spiro atoms. The maximum absolute atomic E-state index is 14.0. The number of aliphatic hydroxyl groups is 10. The van der Waals surface area contributed by atoms with E-state index in [1.54, 1.807) is 142 Å². The van der Waals surface area contributed by atoms with Crippen LogP contribution in [-0.2, 0) is 39.8 Å². The van der Waals surface area contributed by atoms with E-state index in [1.807, 2.05) is 19.9 Å². The fourth-order valence-electron chi connectivity index (χ4n) is 11.1. The molecule has 14 N–H and O–H groups in total. The molecule has 5 rings (SSSR count). The molecule has 486 valence electrons. The van der Waals surface area contributed by atoms with Gasteiger partial charge in [-0.3, -0.25) is 24.2 Å². The van der Waals surface area contributed by atoms with E-state index in [2.05, 4.69) is 15.6 Å². The summed E-state index contributed by atoms with van der Waals surface area (Å²) in [4.78, 5) is 57.7. The first-order valence-electron chi connectivity index (χ1n) is 30.4. The van der Waals surface area contributed by atoms with Crippen LogP contribution in [0.2, 0.25) is 0 Å². The van der Waals surface area contributed by atoms with Crippen LogP contribution in [0.1, 0.15) is 114 Å². The van der Waals surface area contributed by atoms with Crippen LogP contribution >= 0.6 is 0 Å². The molecule has 19 atom stereocenters. The summed E-state index contributed by atoms with van der Waals surface area (Å²) in [6, 6.07) is 11.1.